The Balaban J connectivity index is 0.00000324. The minimum Gasteiger partial charge on any atom is -0.444 e. The average Bonchev–Trinajstić information content (AvgIpc) is 2.68. The van der Waals surface area contributed by atoms with E-state index in [1.165, 1.54) is 0 Å². The van der Waals surface area contributed by atoms with Crippen LogP contribution >= 0.6 is 35.7 Å². The maximum atomic E-state index is 5.50. The number of rotatable bonds is 5. The van der Waals surface area contributed by atoms with Crippen LogP contribution < -0.4 is 10.6 Å². The Morgan fingerprint density at radius 1 is 1.42 bits per heavy atom. The van der Waals surface area contributed by atoms with E-state index in [9.17, 15) is 0 Å². The molecule has 0 saturated carbocycles. The predicted octanol–water partition coefficient (Wildman–Crippen LogP) is 2.33. The minimum atomic E-state index is 0. The monoisotopic (exact) mass is 398 g/mol. The van der Waals surface area contributed by atoms with Crippen LogP contribution in [0.1, 0.15) is 24.3 Å². The molecule has 0 aliphatic carbocycles. The lowest BCUT2D eigenvalue weighted by molar-refractivity contribution is 0.464. The third-order valence-electron chi connectivity index (χ3n) is 2.66. The number of aryl methyl sites for hydroxylation is 2. The molecule has 0 aromatic carbocycles. The Hall–Kier alpha value is -0.440. The molecule has 110 valence electrons. The average molecular weight is 398 g/mol. The molecule has 0 bridgehead atoms. The summed E-state index contributed by atoms with van der Waals surface area (Å²) in [5.41, 5.74) is 0.936. The second-order valence-corrected chi connectivity index (χ2v) is 5.38. The minimum absolute atomic E-state index is 0. The second-order valence-electron chi connectivity index (χ2n) is 4.10. The molecule has 0 saturated heterocycles. The van der Waals surface area contributed by atoms with E-state index in [2.05, 4.69) is 33.8 Å². The zero-order chi connectivity index (χ0) is 13.5. The van der Waals surface area contributed by atoms with Gasteiger partial charge in [-0.25, -0.2) is 4.98 Å². The van der Waals surface area contributed by atoms with Crippen molar-refractivity contribution in [1.29, 1.82) is 0 Å². The van der Waals surface area contributed by atoms with Crippen LogP contribution in [0.25, 0.3) is 0 Å². The Morgan fingerprint density at radius 2 is 2.11 bits per heavy atom. The van der Waals surface area contributed by atoms with Gasteiger partial charge in [0.25, 0.3) is 0 Å². The first-order valence-electron chi connectivity index (χ1n) is 5.97. The summed E-state index contributed by atoms with van der Waals surface area (Å²) in [7, 11) is 1.76. The number of hydrogen-bond donors (Lipinski definition) is 2. The molecule has 1 unspecified atom stereocenters. The van der Waals surface area contributed by atoms with Crippen LogP contribution in [0.5, 0.6) is 0 Å². The lowest BCUT2D eigenvalue weighted by Gasteiger charge is -2.13. The van der Waals surface area contributed by atoms with Crippen LogP contribution in [0.15, 0.2) is 9.41 Å². The van der Waals surface area contributed by atoms with Gasteiger partial charge in [0.2, 0.25) is 5.89 Å². The number of nitrogens with one attached hydrogen (secondary N) is 2. The normalized spacial score (nSPS) is 12.8. The van der Waals surface area contributed by atoms with Crippen molar-refractivity contribution in [3.63, 3.8) is 0 Å². The van der Waals surface area contributed by atoms with Crippen LogP contribution in [-0.4, -0.2) is 36.0 Å². The first-order chi connectivity index (χ1) is 8.56. The highest BCUT2D eigenvalue weighted by molar-refractivity contribution is 14.0. The molecule has 0 aliphatic rings. The Kier molecular flexibility index (Phi) is 9.24. The Bertz CT molecular complexity index is 389. The predicted molar refractivity (Wildman–Crippen MR) is 92.6 cm³/mol. The molecule has 19 heavy (non-hydrogen) atoms. The number of aliphatic imine (C=N–C) groups is 1. The lowest BCUT2D eigenvalue weighted by Crippen LogP contribution is -2.39. The standard InChI is InChI=1S/C12H22N4OS.HI/c1-8(18-5)6-14-12(13-4)15-7-11-16-9(2)10(3)17-11;/h8H,6-7H2,1-5H3,(H2,13,14,15);1H. The molecular formula is C12H23IN4OS. The Morgan fingerprint density at radius 3 is 2.58 bits per heavy atom. The molecular weight excluding hydrogens is 375 g/mol. The molecule has 1 rings (SSSR count). The van der Waals surface area contributed by atoms with E-state index in [4.69, 9.17) is 4.42 Å². The number of aromatic nitrogens is 1. The number of halogens is 1. The van der Waals surface area contributed by atoms with E-state index in [1.807, 2.05) is 25.6 Å². The molecule has 0 amide bonds. The van der Waals surface area contributed by atoms with Gasteiger partial charge in [-0.15, -0.1) is 24.0 Å². The van der Waals surface area contributed by atoms with Gasteiger partial charge in [-0.05, 0) is 20.1 Å². The van der Waals surface area contributed by atoms with Crippen molar-refractivity contribution in [2.45, 2.75) is 32.6 Å². The fraction of sp³-hybridized carbons (Fsp3) is 0.667. The van der Waals surface area contributed by atoms with Crippen molar-refractivity contribution in [1.82, 2.24) is 15.6 Å². The highest BCUT2D eigenvalue weighted by Crippen LogP contribution is 2.07. The molecule has 0 fully saturated rings. The highest BCUT2D eigenvalue weighted by Gasteiger charge is 2.07. The second kappa shape index (κ2) is 9.46. The Labute approximate surface area is 136 Å². The van der Waals surface area contributed by atoms with Gasteiger partial charge in [0.05, 0.1) is 12.2 Å². The zero-order valence-electron chi connectivity index (χ0n) is 12.1. The van der Waals surface area contributed by atoms with Crippen molar-refractivity contribution >= 4 is 41.7 Å². The zero-order valence-corrected chi connectivity index (χ0v) is 15.3. The number of thioether (sulfide) groups is 1. The van der Waals surface area contributed by atoms with E-state index in [0.717, 1.165) is 24.0 Å². The van der Waals surface area contributed by atoms with Crippen molar-refractivity contribution in [2.24, 2.45) is 4.99 Å². The topological polar surface area (TPSA) is 62.5 Å². The number of guanidine groups is 1. The number of nitrogens with zero attached hydrogens (tertiary/aromatic N) is 2. The van der Waals surface area contributed by atoms with Gasteiger partial charge in [-0.2, -0.15) is 11.8 Å². The summed E-state index contributed by atoms with van der Waals surface area (Å²) in [4.78, 5) is 8.47. The molecule has 7 heteroatoms. The SMILES string of the molecule is CN=C(NCc1nc(C)c(C)o1)NCC(C)SC.I. The maximum absolute atomic E-state index is 5.50. The third-order valence-corrected chi connectivity index (χ3v) is 3.63. The summed E-state index contributed by atoms with van der Waals surface area (Å²) in [5.74, 6) is 2.32. The molecule has 0 spiro atoms. The summed E-state index contributed by atoms with van der Waals surface area (Å²) in [6, 6.07) is 0. The van der Waals surface area contributed by atoms with Crippen LogP contribution in [0.4, 0.5) is 0 Å². The van der Waals surface area contributed by atoms with Gasteiger partial charge in [0.1, 0.15) is 5.76 Å². The van der Waals surface area contributed by atoms with Crippen LogP contribution in [0.2, 0.25) is 0 Å². The van der Waals surface area contributed by atoms with E-state index < -0.39 is 0 Å². The summed E-state index contributed by atoms with van der Waals surface area (Å²) in [6.07, 6.45) is 2.10. The summed E-state index contributed by atoms with van der Waals surface area (Å²) >= 11 is 1.82. The highest BCUT2D eigenvalue weighted by atomic mass is 127. The molecule has 1 heterocycles. The smallest absolute Gasteiger partial charge is 0.214 e. The van der Waals surface area contributed by atoms with Gasteiger partial charge in [-0.1, -0.05) is 6.92 Å². The summed E-state index contributed by atoms with van der Waals surface area (Å²) in [6.45, 7) is 7.45. The van der Waals surface area contributed by atoms with Crippen LogP contribution in [-0.2, 0) is 6.54 Å². The van der Waals surface area contributed by atoms with Gasteiger partial charge in [-0.3, -0.25) is 4.99 Å². The van der Waals surface area contributed by atoms with Crippen LogP contribution in [0.3, 0.4) is 0 Å². The summed E-state index contributed by atoms with van der Waals surface area (Å²) in [5, 5.41) is 6.99. The van der Waals surface area contributed by atoms with Gasteiger partial charge < -0.3 is 15.1 Å². The number of oxazole rings is 1. The van der Waals surface area contributed by atoms with Gasteiger partial charge >= 0.3 is 0 Å². The van der Waals surface area contributed by atoms with E-state index in [-0.39, 0.29) is 24.0 Å². The van der Waals surface area contributed by atoms with E-state index >= 15 is 0 Å². The molecule has 5 nitrogen and oxygen atoms in total. The lowest BCUT2D eigenvalue weighted by atomic mass is 10.4. The molecule has 1 atom stereocenters. The van der Waals surface area contributed by atoms with E-state index in [1.54, 1.807) is 7.05 Å². The molecule has 1 aromatic rings. The third kappa shape index (κ3) is 6.51. The quantitative estimate of drug-likeness (QED) is 0.453. The van der Waals surface area contributed by atoms with E-state index in [0.29, 0.717) is 17.7 Å². The molecule has 0 aliphatic heterocycles. The fourth-order valence-corrected chi connectivity index (χ4v) is 1.57. The first kappa shape index (κ1) is 18.6. The van der Waals surface area contributed by atoms with Crippen molar-refractivity contribution < 1.29 is 4.42 Å². The van der Waals surface area contributed by atoms with Crippen molar-refractivity contribution in [2.75, 3.05) is 19.8 Å². The largest absolute Gasteiger partial charge is 0.444 e. The van der Waals surface area contributed by atoms with Crippen LogP contribution in [0, 0.1) is 13.8 Å². The molecule has 1 aromatic heterocycles. The van der Waals surface area contributed by atoms with Crippen molar-refractivity contribution in [3.05, 3.63) is 17.3 Å². The first-order valence-corrected chi connectivity index (χ1v) is 7.25. The number of hydrogen-bond acceptors (Lipinski definition) is 4. The van der Waals surface area contributed by atoms with Gasteiger partial charge in [0, 0.05) is 18.8 Å². The molecule has 0 radical (unpaired) electrons. The fourth-order valence-electron chi connectivity index (χ4n) is 1.32. The molecule has 2 N–H and O–H groups in total. The summed E-state index contributed by atoms with van der Waals surface area (Å²) < 4.78 is 5.50. The van der Waals surface area contributed by atoms with Gasteiger partial charge in [0.15, 0.2) is 5.96 Å². The van der Waals surface area contributed by atoms with Crippen molar-refractivity contribution in [3.8, 4) is 0 Å². The maximum Gasteiger partial charge on any atom is 0.214 e.